The smallest absolute Gasteiger partial charge is 0.249 e. The number of carbonyl (C=O) groups is 1. The molecule has 0 spiro atoms. The summed E-state index contributed by atoms with van der Waals surface area (Å²) in [7, 11) is 3.17. The fourth-order valence-electron chi connectivity index (χ4n) is 4.60. The Hall–Kier alpha value is -3.06. The predicted molar refractivity (Wildman–Crippen MR) is 121 cm³/mol. The van der Waals surface area contributed by atoms with Crippen molar-refractivity contribution in [1.29, 1.82) is 0 Å². The fourth-order valence-corrected chi connectivity index (χ4v) is 4.60. The van der Waals surface area contributed by atoms with E-state index in [1.54, 1.807) is 19.2 Å². The molecule has 1 aliphatic heterocycles. The summed E-state index contributed by atoms with van der Waals surface area (Å²) in [6, 6.07) is 8.65. The third-order valence-corrected chi connectivity index (χ3v) is 6.09. The molecule has 1 N–H and O–H groups in total. The van der Waals surface area contributed by atoms with Gasteiger partial charge in [0.25, 0.3) is 0 Å². The number of aryl methyl sites for hydroxylation is 1. The molecule has 2 aromatic carbocycles. The number of methoxy groups -OCH3 is 2. The number of benzene rings is 2. The second-order valence-electron chi connectivity index (χ2n) is 7.96. The van der Waals surface area contributed by atoms with E-state index in [1.807, 2.05) is 30.2 Å². The average Bonchev–Trinajstić information content (AvgIpc) is 3.19. The van der Waals surface area contributed by atoms with Crippen LogP contribution < -0.4 is 9.47 Å². The Morgan fingerprint density at radius 2 is 2.06 bits per heavy atom. The molecule has 1 atom stereocenters. The lowest BCUT2D eigenvalue weighted by Crippen LogP contribution is -2.42. The summed E-state index contributed by atoms with van der Waals surface area (Å²) in [4.78, 5) is 18.0. The first-order chi connectivity index (χ1) is 15.5. The van der Waals surface area contributed by atoms with Gasteiger partial charge in [-0.2, -0.15) is 0 Å². The highest BCUT2D eigenvalue weighted by atomic mass is 19.1. The Kier molecular flexibility index (Phi) is 6.65. The van der Waals surface area contributed by atoms with Gasteiger partial charge in [-0.05, 0) is 73.2 Å². The van der Waals surface area contributed by atoms with Crippen molar-refractivity contribution in [3.8, 4) is 11.5 Å². The monoisotopic (exact) mass is 440 g/mol. The number of carbonyl (C=O) groups excluding carboxylic acids is 1. The number of aromatic amines is 1. The molecule has 0 radical (unpaired) electrons. The molecule has 0 fully saturated rings. The molecule has 2 heterocycles. The summed E-state index contributed by atoms with van der Waals surface area (Å²) in [5.74, 6) is 1.08. The van der Waals surface area contributed by atoms with Gasteiger partial charge in [0, 0.05) is 30.8 Å². The molecule has 6 nitrogen and oxygen atoms in total. The van der Waals surface area contributed by atoms with E-state index >= 15 is 0 Å². The van der Waals surface area contributed by atoms with Gasteiger partial charge in [0.1, 0.15) is 12.4 Å². The van der Waals surface area contributed by atoms with Crippen LogP contribution in [-0.2, 0) is 22.4 Å². The highest BCUT2D eigenvalue weighted by Crippen LogP contribution is 2.40. The van der Waals surface area contributed by atoms with Gasteiger partial charge in [0.2, 0.25) is 5.91 Å². The van der Waals surface area contributed by atoms with Crippen LogP contribution in [0.3, 0.4) is 0 Å². The summed E-state index contributed by atoms with van der Waals surface area (Å²) in [5, 5.41) is 0.875. The zero-order valence-corrected chi connectivity index (χ0v) is 18.7. The van der Waals surface area contributed by atoms with Gasteiger partial charge in [-0.3, -0.25) is 4.79 Å². The molecule has 3 aromatic rings. The van der Waals surface area contributed by atoms with E-state index < -0.39 is 0 Å². The summed E-state index contributed by atoms with van der Waals surface area (Å²) in [5.41, 5.74) is 4.16. The first-order valence-corrected chi connectivity index (χ1v) is 10.9. The molecule has 0 saturated carbocycles. The topological polar surface area (TPSA) is 63.8 Å². The summed E-state index contributed by atoms with van der Waals surface area (Å²) in [6.07, 6.45) is 4.06. The number of ether oxygens (including phenoxy) is 3. The van der Waals surface area contributed by atoms with E-state index in [4.69, 9.17) is 14.2 Å². The molecule has 170 valence electrons. The second-order valence-corrected chi connectivity index (χ2v) is 7.96. The van der Waals surface area contributed by atoms with E-state index in [0.717, 1.165) is 34.0 Å². The highest BCUT2D eigenvalue weighted by molar-refractivity contribution is 5.83. The van der Waals surface area contributed by atoms with Gasteiger partial charge in [-0.25, -0.2) is 4.39 Å². The Balaban J connectivity index is 1.69. The van der Waals surface area contributed by atoms with Crippen LogP contribution in [0.4, 0.5) is 4.39 Å². The third kappa shape index (κ3) is 4.30. The molecular formula is C25H29FN2O4. The zero-order valence-electron chi connectivity index (χ0n) is 18.7. The van der Waals surface area contributed by atoms with E-state index in [2.05, 4.69) is 4.98 Å². The van der Waals surface area contributed by atoms with Gasteiger partial charge >= 0.3 is 0 Å². The van der Waals surface area contributed by atoms with Gasteiger partial charge in [-0.1, -0.05) is 0 Å². The van der Waals surface area contributed by atoms with Crippen LogP contribution >= 0.6 is 0 Å². The van der Waals surface area contributed by atoms with Crippen LogP contribution in [0.2, 0.25) is 0 Å². The van der Waals surface area contributed by atoms with E-state index in [1.165, 1.54) is 13.2 Å². The van der Waals surface area contributed by atoms with Crippen LogP contribution in [0.15, 0.2) is 36.5 Å². The maximum atomic E-state index is 13.8. The molecule has 0 bridgehead atoms. The minimum Gasteiger partial charge on any atom is -0.493 e. The third-order valence-electron chi connectivity index (χ3n) is 6.09. The molecule has 1 aliphatic rings. The Bertz CT molecular complexity index is 1110. The van der Waals surface area contributed by atoms with Crippen molar-refractivity contribution in [3.05, 3.63) is 59.0 Å². The first-order valence-electron chi connectivity index (χ1n) is 10.9. The van der Waals surface area contributed by atoms with Crippen molar-refractivity contribution in [1.82, 2.24) is 9.88 Å². The first kappa shape index (κ1) is 22.1. The van der Waals surface area contributed by atoms with Crippen molar-refractivity contribution in [2.45, 2.75) is 32.2 Å². The summed E-state index contributed by atoms with van der Waals surface area (Å²) in [6.45, 7) is 3.10. The normalized spacial score (nSPS) is 15.6. The lowest BCUT2D eigenvalue weighted by molar-refractivity contribution is -0.138. The number of fused-ring (bicyclic) bond motifs is 2. The Morgan fingerprint density at radius 3 is 2.81 bits per heavy atom. The summed E-state index contributed by atoms with van der Waals surface area (Å²) < 4.78 is 30.3. The number of nitrogens with one attached hydrogen (secondary N) is 1. The molecule has 0 saturated heterocycles. The van der Waals surface area contributed by atoms with E-state index in [-0.39, 0.29) is 24.4 Å². The van der Waals surface area contributed by atoms with Crippen LogP contribution in [0.5, 0.6) is 11.5 Å². The van der Waals surface area contributed by atoms with Gasteiger partial charge in [0.05, 0.1) is 19.8 Å². The van der Waals surface area contributed by atoms with Crippen molar-refractivity contribution < 1.29 is 23.4 Å². The summed E-state index contributed by atoms with van der Waals surface area (Å²) >= 11 is 0. The van der Waals surface area contributed by atoms with E-state index in [9.17, 15) is 9.18 Å². The molecule has 32 heavy (non-hydrogen) atoms. The fraction of sp³-hybridized carbons (Fsp3) is 0.400. The van der Waals surface area contributed by atoms with Crippen molar-refractivity contribution in [3.63, 3.8) is 0 Å². The number of hydrogen-bond donors (Lipinski definition) is 1. The molecule has 1 amide bonds. The van der Waals surface area contributed by atoms with Crippen LogP contribution in [-0.4, -0.2) is 49.8 Å². The molecule has 4 rings (SSSR count). The minimum atomic E-state index is -0.258. The van der Waals surface area contributed by atoms with Crippen molar-refractivity contribution in [2.75, 3.05) is 34.0 Å². The predicted octanol–water partition coefficient (Wildman–Crippen LogP) is 4.42. The maximum Gasteiger partial charge on any atom is 0.249 e. The largest absolute Gasteiger partial charge is 0.493 e. The van der Waals surface area contributed by atoms with Crippen molar-refractivity contribution in [2.24, 2.45) is 0 Å². The molecule has 0 aliphatic carbocycles. The number of aromatic nitrogens is 1. The number of amides is 1. The molecule has 1 aromatic heterocycles. The average molecular weight is 441 g/mol. The number of rotatable bonds is 8. The number of nitrogens with zero attached hydrogens (tertiary/aromatic N) is 1. The van der Waals surface area contributed by atoms with Gasteiger partial charge in [-0.15, -0.1) is 0 Å². The number of halogens is 1. The number of H-pyrrole nitrogens is 1. The Morgan fingerprint density at radius 1 is 1.22 bits per heavy atom. The highest BCUT2D eigenvalue weighted by Gasteiger charge is 2.32. The second kappa shape index (κ2) is 9.61. The zero-order chi connectivity index (χ0) is 22.7. The molecular weight excluding hydrogens is 411 g/mol. The van der Waals surface area contributed by atoms with E-state index in [0.29, 0.717) is 37.5 Å². The standard InChI is InChI=1S/C25H29FN2O4/c1-4-32-24-13-20-16(11-23(24)31-3)9-10-28(25(29)15-30-2)22(20)8-5-17-14-27-21-7-6-18(26)12-19(17)21/h6-7,11-14,22,27H,4-5,8-10,15H2,1-3H3. The number of hydrogen-bond acceptors (Lipinski definition) is 4. The molecule has 1 unspecified atom stereocenters. The lowest BCUT2D eigenvalue weighted by atomic mass is 9.88. The van der Waals surface area contributed by atoms with Crippen LogP contribution in [0.25, 0.3) is 10.9 Å². The Labute approximate surface area is 187 Å². The maximum absolute atomic E-state index is 13.8. The van der Waals surface area contributed by atoms with Crippen LogP contribution in [0.1, 0.15) is 36.1 Å². The minimum absolute atomic E-state index is 0.0399. The lowest BCUT2D eigenvalue weighted by Gasteiger charge is -2.38. The van der Waals surface area contributed by atoms with Gasteiger partial charge < -0.3 is 24.1 Å². The quantitative estimate of drug-likeness (QED) is 0.563. The van der Waals surface area contributed by atoms with Crippen LogP contribution in [0, 0.1) is 5.82 Å². The van der Waals surface area contributed by atoms with Crippen molar-refractivity contribution >= 4 is 16.8 Å². The van der Waals surface area contributed by atoms with Gasteiger partial charge in [0.15, 0.2) is 11.5 Å². The molecule has 7 heteroatoms. The SMILES string of the molecule is CCOc1cc2c(cc1OC)CCN(C(=O)COC)C2CCc1c[nH]c2ccc(F)cc12.